The summed E-state index contributed by atoms with van der Waals surface area (Å²) in [4.78, 5) is 8.94. The molecule has 0 bridgehead atoms. The summed E-state index contributed by atoms with van der Waals surface area (Å²) >= 11 is 3.17. The van der Waals surface area contributed by atoms with Crippen molar-refractivity contribution in [2.24, 2.45) is 0 Å². The first-order valence-electron chi connectivity index (χ1n) is 7.16. The number of aryl methyl sites for hydroxylation is 2. The predicted molar refractivity (Wildman–Crippen MR) is 94.2 cm³/mol. The Bertz CT molecular complexity index is 781. The summed E-state index contributed by atoms with van der Waals surface area (Å²) in [6, 6.07) is 12.1. The van der Waals surface area contributed by atoms with Crippen molar-refractivity contribution >= 4 is 23.5 Å². The predicted octanol–water partition coefficient (Wildman–Crippen LogP) is 3.69. The van der Waals surface area contributed by atoms with E-state index in [1.807, 2.05) is 44.4 Å². The van der Waals surface area contributed by atoms with Gasteiger partial charge in [0.05, 0.1) is 5.75 Å². The van der Waals surface area contributed by atoms with E-state index >= 15 is 0 Å². The van der Waals surface area contributed by atoms with Gasteiger partial charge in [0.1, 0.15) is 5.82 Å². The minimum Gasteiger partial charge on any atom is -0.273 e. The molecule has 1 aromatic carbocycles. The third-order valence-corrected chi connectivity index (χ3v) is 4.66. The fourth-order valence-electron chi connectivity index (χ4n) is 2.25. The Hall–Kier alpha value is -1.86. The van der Waals surface area contributed by atoms with Crippen molar-refractivity contribution in [3.8, 4) is 5.69 Å². The molecule has 5 nitrogen and oxygen atoms in total. The van der Waals surface area contributed by atoms with Crippen LogP contribution in [0, 0.1) is 13.8 Å². The quantitative estimate of drug-likeness (QED) is 0.520. The third-order valence-electron chi connectivity index (χ3n) is 3.19. The molecule has 118 valence electrons. The lowest BCUT2D eigenvalue weighted by Gasteiger charge is -2.09. The van der Waals surface area contributed by atoms with Crippen LogP contribution in [0.4, 0.5) is 0 Å². The van der Waals surface area contributed by atoms with Gasteiger partial charge >= 0.3 is 0 Å². The minimum absolute atomic E-state index is 0.672. The standard InChI is InChI=1S/C16H17N5S2/c1-11-9-12(2)18-15(17-11)23-10-14-19-20-16(22-3)21(14)13-7-5-4-6-8-13/h4-9H,10H2,1-3H3. The number of hydrogen-bond donors (Lipinski definition) is 0. The molecule has 2 heterocycles. The van der Waals surface area contributed by atoms with E-state index in [-0.39, 0.29) is 0 Å². The molecule has 0 unspecified atom stereocenters. The summed E-state index contributed by atoms with van der Waals surface area (Å²) in [7, 11) is 0. The molecule has 0 radical (unpaired) electrons. The minimum atomic E-state index is 0.672. The van der Waals surface area contributed by atoms with Crippen molar-refractivity contribution in [3.63, 3.8) is 0 Å². The highest BCUT2D eigenvalue weighted by molar-refractivity contribution is 7.98. The van der Waals surface area contributed by atoms with Crippen molar-refractivity contribution in [2.45, 2.75) is 29.9 Å². The van der Waals surface area contributed by atoms with Gasteiger partial charge in [0.15, 0.2) is 10.3 Å². The molecule has 0 atom stereocenters. The van der Waals surface area contributed by atoms with Gasteiger partial charge in [-0.3, -0.25) is 4.57 Å². The van der Waals surface area contributed by atoms with Crippen LogP contribution in [0.2, 0.25) is 0 Å². The molecule has 2 aromatic heterocycles. The Kier molecular flexibility index (Phi) is 4.97. The number of para-hydroxylation sites is 1. The molecular formula is C16H17N5S2. The first-order chi connectivity index (χ1) is 11.2. The topological polar surface area (TPSA) is 56.5 Å². The highest BCUT2D eigenvalue weighted by atomic mass is 32.2. The average molecular weight is 343 g/mol. The smallest absolute Gasteiger partial charge is 0.195 e. The van der Waals surface area contributed by atoms with Crippen LogP contribution in [-0.4, -0.2) is 31.0 Å². The first-order valence-corrected chi connectivity index (χ1v) is 9.37. The largest absolute Gasteiger partial charge is 0.273 e. The number of aromatic nitrogens is 5. The summed E-state index contributed by atoms with van der Waals surface area (Å²) in [6.07, 6.45) is 2.01. The third kappa shape index (κ3) is 3.73. The lowest BCUT2D eigenvalue weighted by molar-refractivity contribution is 0.862. The van der Waals surface area contributed by atoms with Gasteiger partial charge in [-0.1, -0.05) is 41.7 Å². The van der Waals surface area contributed by atoms with Crippen molar-refractivity contribution in [3.05, 3.63) is 53.6 Å². The number of thioether (sulfide) groups is 2. The number of hydrogen-bond acceptors (Lipinski definition) is 6. The van der Waals surface area contributed by atoms with Gasteiger partial charge in [-0.15, -0.1) is 10.2 Å². The van der Waals surface area contributed by atoms with E-state index < -0.39 is 0 Å². The molecule has 0 fully saturated rings. The van der Waals surface area contributed by atoms with Crippen LogP contribution in [0.1, 0.15) is 17.2 Å². The zero-order valence-electron chi connectivity index (χ0n) is 13.2. The van der Waals surface area contributed by atoms with Gasteiger partial charge in [0.2, 0.25) is 0 Å². The van der Waals surface area contributed by atoms with Crippen LogP contribution >= 0.6 is 23.5 Å². The number of benzene rings is 1. The van der Waals surface area contributed by atoms with Crippen LogP contribution < -0.4 is 0 Å². The summed E-state index contributed by atoms with van der Waals surface area (Å²) in [5.74, 6) is 1.57. The molecule has 3 aromatic rings. The molecule has 0 aliphatic carbocycles. The first kappa shape index (κ1) is 16.0. The van der Waals surface area contributed by atoms with Crippen LogP contribution in [-0.2, 0) is 5.75 Å². The second-order valence-corrected chi connectivity index (χ2v) is 6.71. The molecule has 0 saturated carbocycles. The van der Waals surface area contributed by atoms with E-state index in [1.54, 1.807) is 23.5 Å². The zero-order valence-corrected chi connectivity index (χ0v) is 14.9. The molecule has 0 aliphatic rings. The van der Waals surface area contributed by atoms with Crippen LogP contribution in [0.3, 0.4) is 0 Å². The van der Waals surface area contributed by atoms with Gasteiger partial charge in [-0.2, -0.15) is 0 Å². The normalized spacial score (nSPS) is 10.9. The highest BCUT2D eigenvalue weighted by Crippen LogP contribution is 2.25. The van der Waals surface area contributed by atoms with Crippen molar-refractivity contribution < 1.29 is 0 Å². The SMILES string of the molecule is CSc1nnc(CSc2nc(C)cc(C)n2)n1-c1ccccc1. The molecule has 7 heteroatoms. The van der Waals surface area contributed by atoms with Crippen molar-refractivity contribution in [2.75, 3.05) is 6.26 Å². The lowest BCUT2D eigenvalue weighted by Crippen LogP contribution is -2.02. The molecule has 0 saturated heterocycles. The molecular weight excluding hydrogens is 326 g/mol. The molecule has 0 N–H and O–H groups in total. The maximum Gasteiger partial charge on any atom is 0.195 e. The number of rotatable bonds is 5. The molecule has 0 spiro atoms. The molecule has 23 heavy (non-hydrogen) atoms. The molecule has 0 aliphatic heterocycles. The summed E-state index contributed by atoms with van der Waals surface area (Å²) in [5, 5.41) is 10.3. The van der Waals surface area contributed by atoms with Gasteiger partial charge in [-0.25, -0.2) is 9.97 Å². The Labute approximate surface area is 144 Å². The van der Waals surface area contributed by atoms with E-state index in [4.69, 9.17) is 0 Å². The Balaban J connectivity index is 1.87. The maximum atomic E-state index is 4.47. The fourth-order valence-corrected chi connectivity index (χ4v) is 3.63. The van der Waals surface area contributed by atoms with E-state index in [2.05, 4.69) is 36.9 Å². The molecule has 0 amide bonds. The van der Waals surface area contributed by atoms with Crippen LogP contribution in [0.15, 0.2) is 46.7 Å². The Morgan fingerprint density at radius 2 is 1.70 bits per heavy atom. The van der Waals surface area contributed by atoms with Crippen LogP contribution in [0.5, 0.6) is 0 Å². The lowest BCUT2D eigenvalue weighted by atomic mass is 10.3. The Morgan fingerprint density at radius 1 is 1.00 bits per heavy atom. The second-order valence-electron chi connectivity index (χ2n) is 5.00. The van der Waals surface area contributed by atoms with E-state index in [0.29, 0.717) is 5.75 Å². The number of nitrogens with zero attached hydrogens (tertiary/aromatic N) is 5. The van der Waals surface area contributed by atoms with E-state index in [0.717, 1.165) is 33.2 Å². The average Bonchev–Trinajstić information content (AvgIpc) is 2.96. The van der Waals surface area contributed by atoms with Crippen molar-refractivity contribution in [1.29, 1.82) is 0 Å². The van der Waals surface area contributed by atoms with Gasteiger partial charge in [0.25, 0.3) is 0 Å². The molecule has 3 rings (SSSR count). The summed E-state index contributed by atoms with van der Waals surface area (Å²) in [6.45, 7) is 3.97. The van der Waals surface area contributed by atoms with Crippen molar-refractivity contribution in [1.82, 2.24) is 24.7 Å². The fraction of sp³-hybridized carbons (Fsp3) is 0.250. The Morgan fingerprint density at radius 3 is 2.35 bits per heavy atom. The summed E-state index contributed by atoms with van der Waals surface area (Å²) in [5.41, 5.74) is 3.03. The van der Waals surface area contributed by atoms with Crippen LogP contribution in [0.25, 0.3) is 5.69 Å². The van der Waals surface area contributed by atoms with E-state index in [1.165, 1.54) is 0 Å². The van der Waals surface area contributed by atoms with E-state index in [9.17, 15) is 0 Å². The summed E-state index contributed by atoms with van der Waals surface area (Å²) < 4.78 is 2.08. The second kappa shape index (κ2) is 7.14. The van der Waals surface area contributed by atoms with Gasteiger partial charge < -0.3 is 0 Å². The van der Waals surface area contributed by atoms with Gasteiger partial charge in [-0.05, 0) is 38.3 Å². The monoisotopic (exact) mass is 343 g/mol. The highest BCUT2D eigenvalue weighted by Gasteiger charge is 2.14. The maximum absolute atomic E-state index is 4.47. The zero-order chi connectivity index (χ0) is 16.2. The van der Waals surface area contributed by atoms with Gasteiger partial charge in [0, 0.05) is 17.1 Å².